The number of nitrogens with zero attached hydrogens (tertiary/aromatic N) is 2. The number of alkyl halides is 3. The van der Waals surface area contributed by atoms with Gasteiger partial charge in [-0.2, -0.15) is 13.2 Å². The van der Waals surface area contributed by atoms with Crippen molar-refractivity contribution < 1.29 is 22.8 Å². The number of carbonyl (C=O) groups excluding carboxylic acids is 2. The fraction of sp³-hybridized carbons (Fsp3) is 0.529. The number of anilines is 1. The molecule has 2 N–H and O–H groups in total. The minimum atomic E-state index is -4.56. The smallest absolute Gasteiger partial charge is 0.343 e. The Bertz CT molecular complexity index is 774. The summed E-state index contributed by atoms with van der Waals surface area (Å²) in [5.74, 6) is -1.13. The van der Waals surface area contributed by atoms with Gasteiger partial charge in [-0.25, -0.2) is 4.98 Å². The van der Waals surface area contributed by atoms with E-state index in [1.807, 2.05) is 0 Å². The summed E-state index contributed by atoms with van der Waals surface area (Å²) in [6.45, 7) is 5.74. The Balaban J connectivity index is 2.04. The molecule has 148 valence electrons. The molecule has 0 radical (unpaired) electrons. The number of rotatable bonds is 4. The number of nitrogens with one attached hydrogen (secondary N) is 2. The zero-order valence-electron chi connectivity index (χ0n) is 15.1. The lowest BCUT2D eigenvalue weighted by Crippen LogP contribution is -2.57. The van der Waals surface area contributed by atoms with E-state index in [4.69, 9.17) is 17.0 Å². The van der Waals surface area contributed by atoms with E-state index in [0.717, 1.165) is 6.07 Å². The molecule has 1 aromatic rings. The molecule has 1 atom stereocenters. The molecule has 0 aromatic carbocycles. The van der Waals surface area contributed by atoms with E-state index >= 15 is 0 Å². The normalized spacial score (nSPS) is 17.3. The van der Waals surface area contributed by atoms with Gasteiger partial charge in [0, 0.05) is 23.9 Å². The number of imide groups is 1. The van der Waals surface area contributed by atoms with Crippen LogP contribution in [-0.4, -0.2) is 35.1 Å². The predicted molar refractivity (Wildman–Crippen MR) is 94.9 cm³/mol. The van der Waals surface area contributed by atoms with Gasteiger partial charge in [0.05, 0.1) is 17.0 Å². The third-order valence-corrected chi connectivity index (χ3v) is 4.53. The first-order chi connectivity index (χ1) is 12.3. The van der Waals surface area contributed by atoms with Crippen LogP contribution in [0.3, 0.4) is 0 Å². The van der Waals surface area contributed by atoms with E-state index in [1.165, 1.54) is 4.90 Å². The summed E-state index contributed by atoms with van der Waals surface area (Å²) >= 11 is 5.91. The van der Waals surface area contributed by atoms with Crippen LogP contribution in [0.4, 0.5) is 19.0 Å². The highest BCUT2D eigenvalue weighted by atomic mass is 35.5. The fourth-order valence-corrected chi connectivity index (χ4v) is 2.68. The molecule has 27 heavy (non-hydrogen) atoms. The highest BCUT2D eigenvalue weighted by Crippen LogP contribution is 2.36. The van der Waals surface area contributed by atoms with Gasteiger partial charge >= 0.3 is 6.18 Å². The molecule has 1 saturated heterocycles. The van der Waals surface area contributed by atoms with E-state index in [-0.39, 0.29) is 23.0 Å². The molecular weight excluding hydrogens is 385 g/mol. The minimum Gasteiger partial charge on any atom is -0.343 e. The Morgan fingerprint density at radius 1 is 1.37 bits per heavy atom. The lowest BCUT2D eigenvalue weighted by atomic mass is 9.88. The molecule has 1 aromatic heterocycles. The second-order valence-corrected chi connectivity index (χ2v) is 7.75. The Morgan fingerprint density at radius 3 is 2.44 bits per heavy atom. The first-order valence-corrected chi connectivity index (χ1v) is 8.59. The Hall–Kier alpha value is -2.16. The average molecular weight is 405 g/mol. The molecule has 2 amide bonds. The molecule has 1 fully saturated rings. The maximum Gasteiger partial charge on any atom is 0.417 e. The van der Waals surface area contributed by atoms with Gasteiger partial charge in [0.25, 0.3) is 0 Å². The van der Waals surface area contributed by atoms with Gasteiger partial charge in [0.2, 0.25) is 11.8 Å². The SMILES string of the molecule is CC(C)(C)C(=N)CC(=O)NC(=O)C1CCN1c1ncc(C(F)(F)F)cc1Cl. The molecule has 0 aliphatic carbocycles. The largest absolute Gasteiger partial charge is 0.417 e. The Labute approximate surface area is 159 Å². The van der Waals surface area contributed by atoms with E-state index < -0.39 is 35.0 Å². The molecule has 6 nitrogen and oxygen atoms in total. The molecule has 1 unspecified atom stereocenters. The number of aromatic nitrogens is 1. The highest BCUT2D eigenvalue weighted by molar-refractivity contribution is 6.33. The van der Waals surface area contributed by atoms with Crippen LogP contribution in [0.2, 0.25) is 5.02 Å². The number of halogens is 4. The molecule has 0 spiro atoms. The van der Waals surface area contributed by atoms with Gasteiger partial charge < -0.3 is 10.3 Å². The maximum absolute atomic E-state index is 12.7. The van der Waals surface area contributed by atoms with E-state index in [2.05, 4.69) is 10.3 Å². The van der Waals surface area contributed by atoms with Crippen molar-refractivity contribution >= 4 is 34.9 Å². The number of amides is 2. The topological polar surface area (TPSA) is 86.2 Å². The molecule has 1 aliphatic rings. The third-order valence-electron chi connectivity index (χ3n) is 4.25. The molecule has 2 rings (SSSR count). The molecule has 1 aliphatic heterocycles. The average Bonchev–Trinajstić information content (AvgIpc) is 2.45. The summed E-state index contributed by atoms with van der Waals surface area (Å²) in [4.78, 5) is 29.4. The van der Waals surface area contributed by atoms with Crippen LogP contribution >= 0.6 is 11.6 Å². The molecule has 0 bridgehead atoms. The summed E-state index contributed by atoms with van der Waals surface area (Å²) in [5, 5.41) is 9.86. The van der Waals surface area contributed by atoms with Crippen LogP contribution in [0.15, 0.2) is 12.3 Å². The quantitative estimate of drug-likeness (QED) is 0.753. The van der Waals surface area contributed by atoms with E-state index in [1.54, 1.807) is 20.8 Å². The summed E-state index contributed by atoms with van der Waals surface area (Å²) < 4.78 is 38.1. The van der Waals surface area contributed by atoms with Crippen molar-refractivity contribution in [2.75, 3.05) is 11.4 Å². The molecule has 10 heteroatoms. The van der Waals surface area contributed by atoms with Crippen molar-refractivity contribution in [3.63, 3.8) is 0 Å². The number of hydrogen-bond donors (Lipinski definition) is 2. The van der Waals surface area contributed by atoms with Crippen LogP contribution in [0.25, 0.3) is 0 Å². The molecule has 0 saturated carbocycles. The fourth-order valence-electron chi connectivity index (χ4n) is 2.40. The second kappa shape index (κ2) is 7.46. The standard InChI is InChI=1S/C17H20ClF3N4O2/c1-16(2,3)12(22)7-13(26)24-15(27)11-4-5-25(11)14-10(18)6-9(8-23-14)17(19,20)21/h6,8,11,22H,4-5,7H2,1-3H3,(H,24,26,27). The van der Waals surface area contributed by atoms with Crippen LogP contribution in [0.5, 0.6) is 0 Å². The highest BCUT2D eigenvalue weighted by Gasteiger charge is 2.38. The van der Waals surface area contributed by atoms with Crippen molar-refractivity contribution in [1.82, 2.24) is 10.3 Å². The first kappa shape index (κ1) is 21.1. The summed E-state index contributed by atoms with van der Waals surface area (Å²) in [5.41, 5.74) is -1.28. The van der Waals surface area contributed by atoms with Crippen LogP contribution in [0, 0.1) is 10.8 Å². The number of pyridine rings is 1. The summed E-state index contributed by atoms with van der Waals surface area (Å²) in [6.07, 6.45) is -3.70. The van der Waals surface area contributed by atoms with Gasteiger partial charge in [-0.3, -0.25) is 14.9 Å². The van der Waals surface area contributed by atoms with E-state index in [0.29, 0.717) is 19.2 Å². The van der Waals surface area contributed by atoms with Gasteiger partial charge in [0.1, 0.15) is 11.9 Å². The Morgan fingerprint density at radius 2 is 2.00 bits per heavy atom. The van der Waals surface area contributed by atoms with Crippen molar-refractivity contribution in [3.05, 3.63) is 22.8 Å². The number of carbonyl (C=O) groups is 2. The molecule has 2 heterocycles. The maximum atomic E-state index is 12.7. The zero-order valence-corrected chi connectivity index (χ0v) is 15.8. The number of hydrogen-bond acceptors (Lipinski definition) is 5. The van der Waals surface area contributed by atoms with Crippen molar-refractivity contribution in [2.45, 2.75) is 45.8 Å². The van der Waals surface area contributed by atoms with Crippen molar-refractivity contribution in [3.8, 4) is 0 Å². The van der Waals surface area contributed by atoms with Crippen LogP contribution in [-0.2, 0) is 15.8 Å². The van der Waals surface area contributed by atoms with Crippen molar-refractivity contribution in [2.24, 2.45) is 5.41 Å². The Kier molecular flexibility index (Phi) is 5.84. The lowest BCUT2D eigenvalue weighted by Gasteiger charge is -2.40. The summed E-state index contributed by atoms with van der Waals surface area (Å²) in [7, 11) is 0. The third kappa shape index (κ3) is 4.97. The van der Waals surface area contributed by atoms with Gasteiger partial charge in [0.15, 0.2) is 0 Å². The van der Waals surface area contributed by atoms with Crippen molar-refractivity contribution in [1.29, 1.82) is 5.41 Å². The van der Waals surface area contributed by atoms with E-state index in [9.17, 15) is 22.8 Å². The van der Waals surface area contributed by atoms with Gasteiger partial charge in [-0.05, 0) is 12.5 Å². The zero-order chi connectivity index (χ0) is 20.6. The van der Waals surface area contributed by atoms with Gasteiger partial charge in [-0.15, -0.1) is 0 Å². The molecular formula is C17H20ClF3N4O2. The van der Waals surface area contributed by atoms with Gasteiger partial charge in [-0.1, -0.05) is 32.4 Å². The lowest BCUT2D eigenvalue weighted by molar-refractivity contribution is -0.138. The second-order valence-electron chi connectivity index (χ2n) is 7.34. The monoisotopic (exact) mass is 404 g/mol. The first-order valence-electron chi connectivity index (χ1n) is 8.21. The predicted octanol–water partition coefficient (Wildman–Crippen LogP) is 3.43. The summed E-state index contributed by atoms with van der Waals surface area (Å²) in [6, 6.07) is 0.00647. The minimum absolute atomic E-state index is 0.0611. The van der Waals surface area contributed by atoms with Crippen LogP contribution in [0.1, 0.15) is 39.2 Å². The van der Waals surface area contributed by atoms with Crippen LogP contribution < -0.4 is 10.2 Å².